The molecule has 6 nitrogen and oxygen atoms in total. The molecule has 1 N–H and O–H groups in total. The Morgan fingerprint density at radius 2 is 1.85 bits per heavy atom. The fourth-order valence-corrected chi connectivity index (χ4v) is 2.86. The fourth-order valence-electron chi connectivity index (χ4n) is 2.86. The second-order valence-electron chi connectivity index (χ2n) is 7.84. The van der Waals surface area contributed by atoms with Crippen LogP contribution in [-0.2, 0) is 14.4 Å². The lowest BCUT2D eigenvalue weighted by Crippen LogP contribution is -2.44. The van der Waals surface area contributed by atoms with E-state index in [1.54, 1.807) is 0 Å². The van der Waals surface area contributed by atoms with E-state index in [-0.39, 0.29) is 23.8 Å². The summed E-state index contributed by atoms with van der Waals surface area (Å²) < 4.78 is 0. The summed E-state index contributed by atoms with van der Waals surface area (Å²) in [6.07, 6.45) is 1.36. The number of carbonyl (C=O) groups excluding carboxylic acids is 2. The molecular formula is C20H29N3O3. The summed E-state index contributed by atoms with van der Waals surface area (Å²) in [5.74, 6) is -0.0769. The van der Waals surface area contributed by atoms with Crippen LogP contribution in [0.1, 0.15) is 44.7 Å². The second kappa shape index (κ2) is 8.34. The van der Waals surface area contributed by atoms with Gasteiger partial charge in [-0.05, 0) is 25.5 Å². The van der Waals surface area contributed by atoms with Gasteiger partial charge in [0.15, 0.2) is 6.61 Å². The van der Waals surface area contributed by atoms with Gasteiger partial charge in [-0.3, -0.25) is 9.59 Å². The molecule has 26 heavy (non-hydrogen) atoms. The third-order valence-electron chi connectivity index (χ3n) is 4.31. The maximum Gasteiger partial charge on any atom is 0.265 e. The van der Waals surface area contributed by atoms with Crippen LogP contribution in [0.15, 0.2) is 23.4 Å². The highest BCUT2D eigenvalue weighted by Gasteiger charge is 2.29. The average molecular weight is 359 g/mol. The molecule has 1 saturated heterocycles. The lowest BCUT2D eigenvalue weighted by atomic mass is 9.93. The minimum atomic E-state index is -0.364. The molecule has 0 saturated carbocycles. The highest BCUT2D eigenvalue weighted by Crippen LogP contribution is 2.20. The largest absolute Gasteiger partial charge is 0.386 e. The van der Waals surface area contributed by atoms with Gasteiger partial charge in [-0.1, -0.05) is 43.6 Å². The zero-order valence-corrected chi connectivity index (χ0v) is 16.4. The number of amides is 2. The quantitative estimate of drug-likeness (QED) is 0.839. The van der Waals surface area contributed by atoms with Crippen molar-refractivity contribution in [2.75, 3.05) is 25.0 Å². The van der Waals surface area contributed by atoms with Gasteiger partial charge in [0.1, 0.15) is 0 Å². The van der Waals surface area contributed by atoms with Crippen LogP contribution in [0.2, 0.25) is 0 Å². The molecule has 0 radical (unpaired) electrons. The number of likely N-dealkylation sites (tertiary alicyclic amines) is 1. The number of aryl methyl sites for hydroxylation is 2. The van der Waals surface area contributed by atoms with Crippen LogP contribution in [-0.4, -0.2) is 42.1 Å². The molecule has 1 aromatic carbocycles. The monoisotopic (exact) mass is 359 g/mol. The van der Waals surface area contributed by atoms with Gasteiger partial charge in [-0.15, -0.1) is 0 Å². The summed E-state index contributed by atoms with van der Waals surface area (Å²) in [6.45, 7) is 10.9. The smallest absolute Gasteiger partial charge is 0.265 e. The van der Waals surface area contributed by atoms with Gasteiger partial charge in [0.2, 0.25) is 5.91 Å². The molecule has 1 aliphatic heterocycles. The van der Waals surface area contributed by atoms with Gasteiger partial charge in [0.05, 0.1) is 5.71 Å². The van der Waals surface area contributed by atoms with Crippen LogP contribution in [0, 0.1) is 19.3 Å². The SMILES string of the molecule is Cc1ccc(NC(=O)CON=C2CCN(C(=O)C(C)(C)C)CC2)c(C)c1. The molecule has 0 aliphatic carbocycles. The predicted molar refractivity (Wildman–Crippen MR) is 103 cm³/mol. The van der Waals surface area contributed by atoms with Crippen molar-refractivity contribution in [1.82, 2.24) is 4.90 Å². The van der Waals surface area contributed by atoms with E-state index >= 15 is 0 Å². The third kappa shape index (κ3) is 5.58. The van der Waals surface area contributed by atoms with Crippen molar-refractivity contribution in [2.45, 2.75) is 47.5 Å². The summed E-state index contributed by atoms with van der Waals surface area (Å²) in [5.41, 5.74) is 3.48. The number of hydrogen-bond donors (Lipinski definition) is 1. The molecule has 1 heterocycles. The topological polar surface area (TPSA) is 71.0 Å². The number of nitrogens with one attached hydrogen (secondary N) is 1. The third-order valence-corrected chi connectivity index (χ3v) is 4.31. The van der Waals surface area contributed by atoms with E-state index in [1.165, 1.54) is 0 Å². The number of oxime groups is 1. The maximum absolute atomic E-state index is 12.3. The lowest BCUT2D eigenvalue weighted by molar-refractivity contribution is -0.139. The molecule has 0 atom stereocenters. The van der Waals surface area contributed by atoms with Gasteiger partial charge in [-0.25, -0.2) is 0 Å². The van der Waals surface area contributed by atoms with Gasteiger partial charge < -0.3 is 15.1 Å². The summed E-state index contributed by atoms with van der Waals surface area (Å²) >= 11 is 0. The first kappa shape index (κ1) is 19.9. The standard InChI is InChI=1S/C20H29N3O3/c1-14-6-7-17(15(2)12-14)21-18(24)13-26-22-16-8-10-23(11-9-16)19(25)20(3,4)5/h6-7,12H,8-11,13H2,1-5H3,(H,21,24). The maximum atomic E-state index is 12.3. The van der Waals surface area contributed by atoms with Crippen molar-refractivity contribution < 1.29 is 14.4 Å². The van der Waals surface area contributed by atoms with E-state index in [0.717, 1.165) is 22.5 Å². The average Bonchev–Trinajstić information content (AvgIpc) is 2.56. The normalized spacial score (nSPS) is 14.8. The minimum absolute atomic E-state index is 0.124. The molecule has 2 amide bonds. The van der Waals surface area contributed by atoms with Crippen LogP contribution in [0.5, 0.6) is 0 Å². The molecule has 1 aliphatic rings. The first-order chi connectivity index (χ1) is 12.2. The van der Waals surface area contributed by atoms with Gasteiger partial charge in [0, 0.05) is 37.0 Å². The summed E-state index contributed by atoms with van der Waals surface area (Å²) in [5, 5.41) is 6.90. The highest BCUT2D eigenvalue weighted by atomic mass is 16.6. The lowest BCUT2D eigenvalue weighted by Gasteiger charge is -2.32. The fraction of sp³-hybridized carbons (Fsp3) is 0.550. The number of rotatable bonds is 4. The molecule has 0 aromatic heterocycles. The molecule has 0 spiro atoms. The van der Waals surface area contributed by atoms with E-state index in [1.807, 2.05) is 57.7 Å². The van der Waals surface area contributed by atoms with Crippen molar-refractivity contribution in [1.29, 1.82) is 0 Å². The van der Waals surface area contributed by atoms with Crippen molar-refractivity contribution >= 4 is 23.2 Å². The van der Waals surface area contributed by atoms with E-state index in [9.17, 15) is 9.59 Å². The predicted octanol–water partition coefficient (Wildman–Crippen LogP) is 3.28. The highest BCUT2D eigenvalue weighted by molar-refractivity contribution is 5.92. The molecule has 2 rings (SSSR count). The van der Waals surface area contributed by atoms with Crippen molar-refractivity contribution in [3.63, 3.8) is 0 Å². The molecule has 1 fully saturated rings. The first-order valence-electron chi connectivity index (χ1n) is 9.01. The number of hydrogen-bond acceptors (Lipinski definition) is 4. The minimum Gasteiger partial charge on any atom is -0.386 e. The number of piperidine rings is 1. The summed E-state index contributed by atoms with van der Waals surface area (Å²) in [7, 11) is 0. The molecule has 1 aromatic rings. The number of carbonyl (C=O) groups is 2. The Labute approximate surface area is 155 Å². The van der Waals surface area contributed by atoms with Gasteiger partial charge in [-0.2, -0.15) is 0 Å². The van der Waals surface area contributed by atoms with E-state index in [0.29, 0.717) is 25.9 Å². The molecule has 0 unspecified atom stereocenters. The van der Waals surface area contributed by atoms with Crippen LogP contribution in [0.25, 0.3) is 0 Å². The van der Waals surface area contributed by atoms with Crippen molar-refractivity contribution in [2.24, 2.45) is 10.6 Å². The summed E-state index contributed by atoms with van der Waals surface area (Å²) in [4.78, 5) is 31.3. The molecule has 0 bridgehead atoms. The molecule has 142 valence electrons. The number of benzene rings is 1. The first-order valence-corrected chi connectivity index (χ1v) is 9.01. The van der Waals surface area contributed by atoms with Crippen LogP contribution in [0.4, 0.5) is 5.69 Å². The van der Waals surface area contributed by atoms with Crippen molar-refractivity contribution in [3.8, 4) is 0 Å². The Balaban J connectivity index is 1.77. The Bertz CT molecular complexity index is 695. The second-order valence-corrected chi connectivity index (χ2v) is 7.84. The van der Waals surface area contributed by atoms with E-state index in [4.69, 9.17) is 4.84 Å². The van der Waals surface area contributed by atoms with Crippen LogP contribution in [0.3, 0.4) is 0 Å². The Morgan fingerprint density at radius 1 is 1.19 bits per heavy atom. The Hall–Kier alpha value is -2.37. The van der Waals surface area contributed by atoms with E-state index < -0.39 is 0 Å². The van der Waals surface area contributed by atoms with Gasteiger partial charge in [0.25, 0.3) is 5.91 Å². The zero-order chi connectivity index (χ0) is 19.3. The number of anilines is 1. The van der Waals surface area contributed by atoms with E-state index in [2.05, 4.69) is 10.5 Å². The van der Waals surface area contributed by atoms with Crippen LogP contribution >= 0.6 is 0 Å². The Morgan fingerprint density at radius 3 is 2.42 bits per heavy atom. The van der Waals surface area contributed by atoms with Gasteiger partial charge >= 0.3 is 0 Å². The summed E-state index contributed by atoms with van der Waals surface area (Å²) in [6, 6.07) is 5.86. The van der Waals surface area contributed by atoms with Crippen LogP contribution < -0.4 is 5.32 Å². The van der Waals surface area contributed by atoms with Crippen molar-refractivity contribution in [3.05, 3.63) is 29.3 Å². The number of nitrogens with zero attached hydrogens (tertiary/aromatic N) is 2. The molecule has 6 heteroatoms. The molecular weight excluding hydrogens is 330 g/mol. The zero-order valence-electron chi connectivity index (χ0n) is 16.4. The Kier molecular flexibility index (Phi) is 6.40.